The van der Waals surface area contributed by atoms with Gasteiger partial charge in [-0.25, -0.2) is 4.79 Å². The molecule has 3 heteroatoms. The maximum atomic E-state index is 10.3. The van der Waals surface area contributed by atoms with Gasteiger partial charge in [-0.1, -0.05) is 12.8 Å². The zero-order valence-corrected chi connectivity index (χ0v) is 8.96. The average molecular weight is 204 g/mol. The Morgan fingerprint density at radius 3 is 2.07 bits per heavy atom. The Morgan fingerprint density at radius 2 is 1.60 bits per heavy atom. The van der Waals surface area contributed by atoms with E-state index in [1.807, 2.05) is 0 Å². The Hall–Kier alpha value is -1.13. The predicted octanol–water partition coefficient (Wildman–Crippen LogP) is 2.72. The van der Waals surface area contributed by atoms with Crippen LogP contribution in [0.25, 0.3) is 0 Å². The lowest BCUT2D eigenvalue weighted by Crippen LogP contribution is -2.35. The molecule has 0 atom stereocenters. The van der Waals surface area contributed by atoms with Crippen LogP contribution in [0.15, 0.2) is 4.99 Å². The van der Waals surface area contributed by atoms with Crippen LogP contribution < -0.4 is 0 Å². The normalized spacial score (nSPS) is 26.9. The lowest BCUT2D eigenvalue weighted by atomic mass is 9.67. The Balaban J connectivity index is 2.08. The van der Waals surface area contributed by atoms with Crippen LogP contribution in [0, 0.1) is 16.7 Å². The molecule has 2 rings (SSSR count). The molecule has 0 N–H and O–H groups in total. The molecule has 0 aromatic rings. The molecule has 0 heterocycles. The molecule has 1 spiro atoms. The highest BCUT2D eigenvalue weighted by Crippen LogP contribution is 2.51. The van der Waals surface area contributed by atoms with E-state index in [0.29, 0.717) is 5.41 Å². The van der Waals surface area contributed by atoms with Gasteiger partial charge in [0.05, 0.1) is 6.07 Å². The number of carbonyl (C=O) groups excluding carboxylic acids is 1. The van der Waals surface area contributed by atoms with Gasteiger partial charge < -0.3 is 0 Å². The van der Waals surface area contributed by atoms with Crippen LogP contribution in [0.1, 0.15) is 51.4 Å². The van der Waals surface area contributed by atoms with E-state index in [1.165, 1.54) is 25.7 Å². The van der Waals surface area contributed by atoms with Crippen molar-refractivity contribution in [2.45, 2.75) is 56.9 Å². The number of nitriles is 1. The number of nitrogens with zero attached hydrogens (tertiary/aromatic N) is 2. The molecule has 0 aliphatic heterocycles. The number of hydrogen-bond acceptors (Lipinski definition) is 3. The highest BCUT2D eigenvalue weighted by molar-refractivity contribution is 5.37. The van der Waals surface area contributed by atoms with Gasteiger partial charge in [0.15, 0.2) is 5.54 Å². The van der Waals surface area contributed by atoms with E-state index in [1.54, 1.807) is 6.08 Å². The molecule has 2 aliphatic rings. The first-order chi connectivity index (χ1) is 7.24. The van der Waals surface area contributed by atoms with E-state index in [9.17, 15) is 4.79 Å². The fourth-order valence-electron chi connectivity index (χ4n) is 3.15. The summed E-state index contributed by atoms with van der Waals surface area (Å²) in [5.74, 6) is 0. The van der Waals surface area contributed by atoms with Crippen molar-refractivity contribution in [1.82, 2.24) is 0 Å². The van der Waals surface area contributed by atoms with Crippen LogP contribution in [-0.4, -0.2) is 11.6 Å². The minimum absolute atomic E-state index is 0.485. The number of rotatable bonds is 1. The van der Waals surface area contributed by atoms with Crippen LogP contribution in [0.4, 0.5) is 0 Å². The SMILES string of the molecule is N#CC1(N=C=O)CCC2(CCCC2)CC1. The van der Waals surface area contributed by atoms with E-state index in [-0.39, 0.29) is 0 Å². The monoisotopic (exact) mass is 204 g/mol. The summed E-state index contributed by atoms with van der Waals surface area (Å²) in [6.45, 7) is 0. The summed E-state index contributed by atoms with van der Waals surface area (Å²) in [5.41, 5.74) is -0.256. The standard InChI is InChI=1S/C12H16N2O/c13-9-12(14-10-15)7-5-11(6-8-12)3-1-2-4-11/h1-8H2. The molecule has 0 radical (unpaired) electrons. The zero-order valence-electron chi connectivity index (χ0n) is 8.96. The molecule has 2 saturated carbocycles. The molecule has 0 unspecified atom stereocenters. The average Bonchev–Trinajstić information content (AvgIpc) is 2.72. The fourth-order valence-corrected chi connectivity index (χ4v) is 3.15. The topological polar surface area (TPSA) is 53.2 Å². The summed E-state index contributed by atoms with van der Waals surface area (Å²) < 4.78 is 0. The van der Waals surface area contributed by atoms with E-state index in [0.717, 1.165) is 25.7 Å². The van der Waals surface area contributed by atoms with Gasteiger partial charge in [-0.15, -0.1) is 0 Å². The van der Waals surface area contributed by atoms with Gasteiger partial charge in [0, 0.05) is 0 Å². The van der Waals surface area contributed by atoms with E-state index < -0.39 is 5.54 Å². The van der Waals surface area contributed by atoms with Gasteiger partial charge in [0.1, 0.15) is 0 Å². The Morgan fingerprint density at radius 1 is 1.00 bits per heavy atom. The van der Waals surface area contributed by atoms with E-state index in [2.05, 4.69) is 11.1 Å². The third-order valence-electron chi connectivity index (χ3n) is 4.27. The van der Waals surface area contributed by atoms with Gasteiger partial charge in [-0.05, 0) is 43.9 Å². The second-order valence-corrected chi connectivity index (χ2v) is 5.05. The van der Waals surface area contributed by atoms with Crippen LogP contribution in [0.5, 0.6) is 0 Å². The van der Waals surface area contributed by atoms with E-state index in [4.69, 9.17) is 5.26 Å². The first kappa shape index (κ1) is 10.4. The lowest BCUT2D eigenvalue weighted by Gasteiger charge is -2.38. The fraction of sp³-hybridized carbons (Fsp3) is 0.833. The highest BCUT2D eigenvalue weighted by atomic mass is 16.1. The van der Waals surface area contributed by atoms with Crippen LogP contribution >= 0.6 is 0 Å². The molecule has 2 aliphatic carbocycles. The summed E-state index contributed by atoms with van der Waals surface area (Å²) in [5, 5.41) is 9.08. The maximum absolute atomic E-state index is 10.3. The third-order valence-corrected chi connectivity index (χ3v) is 4.27. The first-order valence-electron chi connectivity index (χ1n) is 5.75. The Kier molecular flexibility index (Phi) is 2.63. The maximum Gasteiger partial charge on any atom is 0.236 e. The molecule has 0 bridgehead atoms. The van der Waals surface area contributed by atoms with Gasteiger partial charge in [-0.2, -0.15) is 10.3 Å². The lowest BCUT2D eigenvalue weighted by molar-refractivity contribution is 0.160. The third kappa shape index (κ3) is 1.82. The van der Waals surface area contributed by atoms with Crippen molar-refractivity contribution in [3.63, 3.8) is 0 Å². The highest BCUT2D eigenvalue weighted by Gasteiger charge is 2.44. The molecular formula is C12H16N2O. The van der Waals surface area contributed by atoms with Gasteiger partial charge >= 0.3 is 0 Å². The van der Waals surface area contributed by atoms with Crippen LogP contribution in [-0.2, 0) is 4.79 Å². The molecule has 0 saturated heterocycles. The largest absolute Gasteiger partial charge is 0.236 e. The summed E-state index contributed by atoms with van der Waals surface area (Å²) in [7, 11) is 0. The molecule has 15 heavy (non-hydrogen) atoms. The number of isocyanates is 1. The predicted molar refractivity (Wildman–Crippen MR) is 55.8 cm³/mol. The van der Waals surface area contributed by atoms with Gasteiger partial charge in [0.25, 0.3) is 0 Å². The minimum atomic E-state index is -0.740. The molecule has 0 amide bonds. The second kappa shape index (κ2) is 3.79. The van der Waals surface area contributed by atoms with Crippen molar-refractivity contribution >= 4 is 6.08 Å². The van der Waals surface area contributed by atoms with Crippen LogP contribution in [0.3, 0.4) is 0 Å². The van der Waals surface area contributed by atoms with Gasteiger partial charge in [-0.3, -0.25) is 0 Å². The van der Waals surface area contributed by atoms with Crippen LogP contribution in [0.2, 0.25) is 0 Å². The summed E-state index contributed by atoms with van der Waals surface area (Å²) in [6, 6.07) is 2.20. The quantitative estimate of drug-likeness (QED) is 0.487. The molecule has 0 aromatic heterocycles. The van der Waals surface area contributed by atoms with Crippen molar-refractivity contribution in [2.75, 3.05) is 0 Å². The van der Waals surface area contributed by atoms with Crippen molar-refractivity contribution in [2.24, 2.45) is 10.4 Å². The zero-order chi connectivity index (χ0) is 10.8. The van der Waals surface area contributed by atoms with E-state index >= 15 is 0 Å². The number of hydrogen-bond donors (Lipinski definition) is 0. The summed E-state index contributed by atoms with van der Waals surface area (Å²) in [4.78, 5) is 14.0. The summed E-state index contributed by atoms with van der Waals surface area (Å²) >= 11 is 0. The van der Waals surface area contributed by atoms with Crippen molar-refractivity contribution < 1.29 is 4.79 Å². The molecule has 0 aromatic carbocycles. The second-order valence-electron chi connectivity index (χ2n) is 5.05. The number of aliphatic imine (C=N–C) groups is 1. The van der Waals surface area contributed by atoms with Gasteiger partial charge in [0.2, 0.25) is 6.08 Å². The van der Waals surface area contributed by atoms with Crippen molar-refractivity contribution in [3.8, 4) is 6.07 Å². The smallest absolute Gasteiger partial charge is 0.211 e. The molecular weight excluding hydrogens is 188 g/mol. The minimum Gasteiger partial charge on any atom is -0.211 e. The molecule has 80 valence electrons. The first-order valence-corrected chi connectivity index (χ1v) is 5.75. The summed E-state index contributed by atoms with van der Waals surface area (Å²) in [6.07, 6.45) is 10.5. The molecule has 3 nitrogen and oxygen atoms in total. The van der Waals surface area contributed by atoms with Crippen molar-refractivity contribution in [3.05, 3.63) is 0 Å². The van der Waals surface area contributed by atoms with Crippen molar-refractivity contribution in [1.29, 1.82) is 5.26 Å². The Labute approximate surface area is 90.2 Å². The molecule has 2 fully saturated rings. The Bertz CT molecular complexity index is 320.